The average molecular weight is 242 g/mol. The molecule has 0 aliphatic carbocycles. The summed E-state index contributed by atoms with van der Waals surface area (Å²) in [6.07, 6.45) is -0.0431. The van der Waals surface area contributed by atoms with Crippen molar-refractivity contribution >= 4 is 11.6 Å². The number of halogens is 1. The third kappa shape index (κ3) is 3.69. The third-order valence-corrected chi connectivity index (χ3v) is 2.86. The van der Waals surface area contributed by atoms with Gasteiger partial charge in [-0.3, -0.25) is 0 Å². The first-order valence-electron chi connectivity index (χ1n) is 5.48. The Morgan fingerprint density at radius 2 is 1.94 bits per heavy atom. The van der Waals surface area contributed by atoms with Crippen LogP contribution in [0.4, 0.5) is 0 Å². The maximum Gasteiger partial charge on any atom is 0.121 e. The first-order valence-corrected chi connectivity index (χ1v) is 5.86. The van der Waals surface area contributed by atoms with E-state index >= 15 is 0 Å². The summed E-state index contributed by atoms with van der Waals surface area (Å²) < 4.78 is 5.77. The summed E-state index contributed by atoms with van der Waals surface area (Å²) in [4.78, 5) is 0. The predicted octanol–water partition coefficient (Wildman–Crippen LogP) is 3.48. The van der Waals surface area contributed by atoms with E-state index in [-0.39, 0.29) is 17.6 Å². The van der Waals surface area contributed by atoms with Gasteiger partial charge in [0.2, 0.25) is 0 Å². The summed E-state index contributed by atoms with van der Waals surface area (Å²) in [6.45, 7) is 8.30. The van der Waals surface area contributed by atoms with Gasteiger partial charge >= 0.3 is 0 Å². The van der Waals surface area contributed by atoms with Crippen molar-refractivity contribution in [2.45, 2.75) is 39.8 Å². The van der Waals surface area contributed by atoms with E-state index in [0.717, 1.165) is 5.75 Å². The monoisotopic (exact) mass is 241 g/mol. The molecule has 90 valence electrons. The molecule has 0 saturated heterocycles. The largest absolute Gasteiger partial charge is 0.489 e. The SMILES string of the molecule is CC(Oc1cccc(Cl)c1)C(N)C(C)(C)C. The molecule has 0 fully saturated rings. The first kappa shape index (κ1) is 13.3. The zero-order chi connectivity index (χ0) is 12.3. The second kappa shape index (κ2) is 5.07. The zero-order valence-corrected chi connectivity index (χ0v) is 11.1. The molecule has 16 heavy (non-hydrogen) atoms. The lowest BCUT2D eigenvalue weighted by Gasteiger charge is -2.32. The van der Waals surface area contributed by atoms with Gasteiger partial charge in [-0.25, -0.2) is 0 Å². The fourth-order valence-electron chi connectivity index (χ4n) is 1.53. The minimum atomic E-state index is -0.0431. The molecule has 0 spiro atoms. The van der Waals surface area contributed by atoms with Crippen molar-refractivity contribution in [1.82, 2.24) is 0 Å². The molecule has 3 heteroatoms. The quantitative estimate of drug-likeness (QED) is 0.880. The van der Waals surface area contributed by atoms with Crippen LogP contribution in [0, 0.1) is 5.41 Å². The minimum absolute atomic E-state index is 0.0218. The van der Waals surface area contributed by atoms with E-state index in [0.29, 0.717) is 5.02 Å². The van der Waals surface area contributed by atoms with Gasteiger partial charge in [0.15, 0.2) is 0 Å². The Morgan fingerprint density at radius 3 is 2.44 bits per heavy atom. The molecule has 0 amide bonds. The van der Waals surface area contributed by atoms with Gasteiger partial charge in [0, 0.05) is 11.1 Å². The van der Waals surface area contributed by atoms with Gasteiger partial charge in [-0.2, -0.15) is 0 Å². The standard InChI is InChI=1S/C13H20ClNO/c1-9(12(15)13(2,3)4)16-11-7-5-6-10(14)8-11/h5-9,12H,15H2,1-4H3. The molecule has 0 aliphatic rings. The predicted molar refractivity (Wildman–Crippen MR) is 69.0 cm³/mol. The van der Waals surface area contributed by atoms with E-state index in [4.69, 9.17) is 22.1 Å². The van der Waals surface area contributed by atoms with Crippen LogP contribution < -0.4 is 10.5 Å². The van der Waals surface area contributed by atoms with Crippen LogP contribution in [0.15, 0.2) is 24.3 Å². The summed E-state index contributed by atoms with van der Waals surface area (Å²) >= 11 is 5.89. The van der Waals surface area contributed by atoms with Crippen molar-refractivity contribution in [2.24, 2.45) is 11.1 Å². The lowest BCUT2D eigenvalue weighted by Crippen LogP contribution is -2.46. The highest BCUT2D eigenvalue weighted by Crippen LogP contribution is 2.24. The maximum atomic E-state index is 6.12. The highest BCUT2D eigenvalue weighted by Gasteiger charge is 2.27. The van der Waals surface area contributed by atoms with E-state index in [2.05, 4.69) is 20.8 Å². The third-order valence-electron chi connectivity index (χ3n) is 2.62. The van der Waals surface area contributed by atoms with Crippen LogP contribution in [0.5, 0.6) is 5.75 Å². The molecule has 2 atom stereocenters. The number of hydrogen-bond acceptors (Lipinski definition) is 2. The zero-order valence-electron chi connectivity index (χ0n) is 10.3. The number of hydrogen-bond donors (Lipinski definition) is 1. The second-order valence-corrected chi connectivity index (χ2v) is 5.61. The highest BCUT2D eigenvalue weighted by atomic mass is 35.5. The van der Waals surface area contributed by atoms with Crippen LogP contribution in [0.2, 0.25) is 5.02 Å². The second-order valence-electron chi connectivity index (χ2n) is 5.17. The van der Waals surface area contributed by atoms with Crippen molar-refractivity contribution in [3.05, 3.63) is 29.3 Å². The molecule has 0 heterocycles. The number of nitrogens with two attached hydrogens (primary N) is 1. The fourth-order valence-corrected chi connectivity index (χ4v) is 1.71. The Labute approximate surface area is 103 Å². The minimum Gasteiger partial charge on any atom is -0.489 e. The molecule has 1 aromatic rings. The molecule has 1 rings (SSSR count). The smallest absolute Gasteiger partial charge is 0.121 e. The van der Waals surface area contributed by atoms with E-state index in [1.165, 1.54) is 0 Å². The van der Waals surface area contributed by atoms with Crippen LogP contribution >= 0.6 is 11.6 Å². The van der Waals surface area contributed by atoms with Gasteiger partial charge < -0.3 is 10.5 Å². The van der Waals surface area contributed by atoms with Gasteiger partial charge in [-0.15, -0.1) is 0 Å². The van der Waals surface area contributed by atoms with Crippen molar-refractivity contribution in [1.29, 1.82) is 0 Å². The molecule has 2 nitrogen and oxygen atoms in total. The normalized spacial score (nSPS) is 15.6. The van der Waals surface area contributed by atoms with E-state index in [1.54, 1.807) is 6.07 Å². The van der Waals surface area contributed by atoms with Crippen LogP contribution in [0.1, 0.15) is 27.7 Å². The molecule has 0 saturated carbocycles. The van der Waals surface area contributed by atoms with Gasteiger partial charge in [-0.1, -0.05) is 38.4 Å². The maximum absolute atomic E-state index is 6.12. The lowest BCUT2D eigenvalue weighted by molar-refractivity contribution is 0.128. The summed E-state index contributed by atoms with van der Waals surface area (Å²) in [7, 11) is 0. The van der Waals surface area contributed by atoms with Gasteiger partial charge in [0.25, 0.3) is 0 Å². The highest BCUT2D eigenvalue weighted by molar-refractivity contribution is 6.30. The molecule has 2 unspecified atom stereocenters. The summed E-state index contributed by atoms with van der Waals surface area (Å²) in [5, 5.41) is 0.675. The number of benzene rings is 1. The van der Waals surface area contributed by atoms with Crippen molar-refractivity contribution in [2.75, 3.05) is 0 Å². The fraction of sp³-hybridized carbons (Fsp3) is 0.538. The summed E-state index contributed by atoms with van der Waals surface area (Å²) in [5.41, 5.74) is 6.15. The molecular formula is C13H20ClNO. The Balaban J connectivity index is 2.68. The average Bonchev–Trinajstić information content (AvgIpc) is 2.15. The van der Waals surface area contributed by atoms with Gasteiger partial charge in [0.1, 0.15) is 11.9 Å². The van der Waals surface area contributed by atoms with Crippen LogP contribution in [0.3, 0.4) is 0 Å². The van der Waals surface area contributed by atoms with Crippen molar-refractivity contribution in [3.63, 3.8) is 0 Å². The summed E-state index contributed by atoms with van der Waals surface area (Å²) in [6, 6.07) is 7.35. The van der Waals surface area contributed by atoms with Crippen LogP contribution in [0.25, 0.3) is 0 Å². The van der Waals surface area contributed by atoms with E-state index < -0.39 is 0 Å². The molecule has 2 N–H and O–H groups in total. The molecule has 0 bridgehead atoms. The first-order chi connectivity index (χ1) is 7.30. The van der Waals surface area contributed by atoms with Gasteiger partial charge in [0.05, 0.1) is 0 Å². The van der Waals surface area contributed by atoms with Crippen LogP contribution in [-0.2, 0) is 0 Å². The van der Waals surface area contributed by atoms with Crippen LogP contribution in [-0.4, -0.2) is 12.1 Å². The van der Waals surface area contributed by atoms with Gasteiger partial charge in [-0.05, 0) is 30.5 Å². The van der Waals surface area contributed by atoms with E-state index in [1.807, 2.05) is 25.1 Å². The number of rotatable bonds is 3. The Bertz CT molecular complexity index is 346. The van der Waals surface area contributed by atoms with E-state index in [9.17, 15) is 0 Å². The summed E-state index contributed by atoms with van der Waals surface area (Å²) in [5.74, 6) is 0.764. The molecule has 0 aliphatic heterocycles. The Morgan fingerprint density at radius 1 is 1.31 bits per heavy atom. The number of ether oxygens (including phenoxy) is 1. The molecular weight excluding hydrogens is 222 g/mol. The molecule has 0 radical (unpaired) electrons. The molecule has 0 aromatic heterocycles. The Kier molecular flexibility index (Phi) is 4.22. The Hall–Kier alpha value is -0.730. The lowest BCUT2D eigenvalue weighted by atomic mass is 9.84. The topological polar surface area (TPSA) is 35.2 Å². The molecule has 1 aromatic carbocycles. The van der Waals surface area contributed by atoms with Crippen molar-refractivity contribution in [3.8, 4) is 5.75 Å². The van der Waals surface area contributed by atoms with Crippen molar-refractivity contribution < 1.29 is 4.74 Å².